The molecule has 4 fully saturated rings. The van der Waals surface area contributed by atoms with Crippen LogP contribution < -0.4 is 0 Å². The van der Waals surface area contributed by atoms with Crippen LogP contribution in [-0.2, 0) is 0 Å². The van der Waals surface area contributed by atoms with Gasteiger partial charge in [0.05, 0.1) is 0 Å². The smallest absolute Gasteiger partial charge is 0.0323 e. The minimum Gasteiger partial charge on any atom is -0.0651 e. The van der Waals surface area contributed by atoms with Crippen molar-refractivity contribution in [2.75, 3.05) is 0 Å². The molecule has 0 heterocycles. The van der Waals surface area contributed by atoms with Crippen LogP contribution in [0.2, 0.25) is 0 Å². The summed E-state index contributed by atoms with van der Waals surface area (Å²) in [4.78, 5) is 0. The summed E-state index contributed by atoms with van der Waals surface area (Å²) in [5.74, 6) is 10.8. The number of hydrogen-bond acceptors (Lipinski definition) is 0. The van der Waals surface area contributed by atoms with E-state index >= 15 is 0 Å². The van der Waals surface area contributed by atoms with Crippen LogP contribution in [0.5, 0.6) is 0 Å². The van der Waals surface area contributed by atoms with E-state index in [1.165, 1.54) is 122 Å². The van der Waals surface area contributed by atoms with Crippen LogP contribution in [0.3, 0.4) is 0 Å². The van der Waals surface area contributed by atoms with Crippen molar-refractivity contribution in [3.63, 3.8) is 0 Å². The molecule has 7 unspecified atom stereocenters. The summed E-state index contributed by atoms with van der Waals surface area (Å²) in [7, 11) is 0. The van der Waals surface area contributed by atoms with E-state index in [0.29, 0.717) is 5.41 Å². The summed E-state index contributed by atoms with van der Waals surface area (Å²) in [6.45, 7) is 31.0. The quantitative estimate of drug-likeness (QED) is 0.267. The molecule has 0 saturated heterocycles. The number of rotatable bonds is 7. The van der Waals surface area contributed by atoms with Crippen LogP contribution in [0.1, 0.15) is 212 Å². The van der Waals surface area contributed by atoms with Crippen LogP contribution in [0.4, 0.5) is 0 Å². The highest BCUT2D eigenvalue weighted by Crippen LogP contribution is 2.44. The zero-order chi connectivity index (χ0) is 33.3. The van der Waals surface area contributed by atoms with E-state index in [1.807, 2.05) is 0 Å². The van der Waals surface area contributed by atoms with Gasteiger partial charge in [-0.2, -0.15) is 0 Å². The van der Waals surface area contributed by atoms with Crippen molar-refractivity contribution in [1.82, 2.24) is 0 Å². The van der Waals surface area contributed by atoms with Gasteiger partial charge >= 0.3 is 0 Å². The molecule has 4 aliphatic carbocycles. The van der Waals surface area contributed by atoms with Gasteiger partial charge in [0.25, 0.3) is 0 Å². The maximum atomic E-state index is 2.44. The lowest BCUT2D eigenvalue weighted by molar-refractivity contribution is 0.0958. The summed E-state index contributed by atoms with van der Waals surface area (Å²) in [6.07, 6.45) is 28.0. The van der Waals surface area contributed by atoms with Crippen molar-refractivity contribution in [1.29, 1.82) is 0 Å². The van der Waals surface area contributed by atoms with Crippen molar-refractivity contribution in [3.8, 4) is 0 Å². The van der Waals surface area contributed by atoms with Crippen LogP contribution >= 0.6 is 0 Å². The second kappa shape index (κ2) is 22.5. The molecule has 0 heteroatoms. The summed E-state index contributed by atoms with van der Waals surface area (Å²) in [6, 6.07) is 0. The van der Waals surface area contributed by atoms with E-state index < -0.39 is 0 Å². The van der Waals surface area contributed by atoms with Gasteiger partial charge in [0.15, 0.2) is 0 Å². The van der Waals surface area contributed by atoms with E-state index in [1.54, 1.807) is 0 Å². The Morgan fingerprint density at radius 1 is 0.500 bits per heavy atom. The second-order valence-corrected chi connectivity index (χ2v) is 18.5. The Morgan fingerprint density at radius 3 is 1.34 bits per heavy atom. The maximum Gasteiger partial charge on any atom is -0.0323 e. The zero-order valence-corrected chi connectivity index (χ0v) is 33.3. The van der Waals surface area contributed by atoms with Crippen molar-refractivity contribution in [2.45, 2.75) is 212 Å². The van der Waals surface area contributed by atoms with Gasteiger partial charge in [-0.15, -0.1) is 0 Å². The summed E-state index contributed by atoms with van der Waals surface area (Å²) < 4.78 is 0. The first-order valence-corrected chi connectivity index (χ1v) is 20.7. The van der Waals surface area contributed by atoms with E-state index in [0.717, 1.165) is 65.1 Å². The molecule has 4 rings (SSSR count). The summed E-state index contributed by atoms with van der Waals surface area (Å²) in [5.41, 5.74) is 0.617. The van der Waals surface area contributed by atoms with Gasteiger partial charge in [0.1, 0.15) is 0 Å². The Bertz CT molecular complexity index is 668. The molecule has 0 aromatic rings. The fourth-order valence-electron chi connectivity index (χ4n) is 10.5. The molecule has 0 aromatic carbocycles. The van der Waals surface area contributed by atoms with Gasteiger partial charge < -0.3 is 0 Å². The standard InChI is InChI=1S/C12H24.2C11H22.C10H20/c1-4-11-7-5-6-8-12(11)9-10(2)3;1-9(2)10-7-5-6-8-11(10,3)4;1-4-10-7-5-6-8-11(10)9(2)3;1-8(2)10-7-5-4-6-9(10)3/h10-12H,4-9H2,1-3H3;9-10H,5-8H2,1-4H3;9-11H,4-8H2,1-3H3;8-10H,4-7H2,1-3H3. The Morgan fingerprint density at radius 2 is 0.955 bits per heavy atom. The molecule has 0 spiro atoms. The zero-order valence-electron chi connectivity index (χ0n) is 33.3. The van der Waals surface area contributed by atoms with Crippen molar-refractivity contribution in [2.24, 2.45) is 70.5 Å². The van der Waals surface area contributed by atoms with Gasteiger partial charge in [-0.25, -0.2) is 0 Å². The first-order valence-electron chi connectivity index (χ1n) is 20.7. The molecule has 0 radical (unpaired) electrons. The summed E-state index contributed by atoms with van der Waals surface area (Å²) >= 11 is 0. The van der Waals surface area contributed by atoms with Crippen LogP contribution in [-0.4, -0.2) is 0 Å². The molecule has 0 bridgehead atoms. The third-order valence-electron chi connectivity index (χ3n) is 13.1. The molecule has 4 aliphatic rings. The van der Waals surface area contributed by atoms with Crippen molar-refractivity contribution < 1.29 is 0 Å². The lowest BCUT2D eigenvalue weighted by Crippen LogP contribution is -2.31. The third-order valence-corrected chi connectivity index (χ3v) is 13.1. The first kappa shape index (κ1) is 42.0. The lowest BCUT2D eigenvalue weighted by atomic mass is 9.65. The average molecular weight is 617 g/mol. The average Bonchev–Trinajstić information content (AvgIpc) is 2.97. The van der Waals surface area contributed by atoms with Crippen LogP contribution in [0.15, 0.2) is 0 Å². The summed E-state index contributed by atoms with van der Waals surface area (Å²) in [5, 5.41) is 0. The lowest BCUT2D eigenvalue weighted by Gasteiger charge is -2.41. The molecular formula is C44H88. The van der Waals surface area contributed by atoms with E-state index in [-0.39, 0.29) is 0 Å². The van der Waals surface area contributed by atoms with E-state index in [4.69, 9.17) is 0 Å². The van der Waals surface area contributed by atoms with Crippen LogP contribution in [0.25, 0.3) is 0 Å². The highest BCUT2D eigenvalue weighted by Gasteiger charge is 2.33. The van der Waals surface area contributed by atoms with Gasteiger partial charge in [0.2, 0.25) is 0 Å². The molecule has 44 heavy (non-hydrogen) atoms. The number of hydrogen-bond donors (Lipinski definition) is 0. The largest absolute Gasteiger partial charge is 0.0651 e. The Kier molecular flexibility index (Phi) is 21.5. The van der Waals surface area contributed by atoms with Gasteiger partial charge in [0, 0.05) is 0 Å². The minimum absolute atomic E-state index is 0.617. The highest BCUT2D eigenvalue weighted by molar-refractivity contribution is 4.84. The van der Waals surface area contributed by atoms with Gasteiger partial charge in [-0.1, -0.05) is 180 Å². The van der Waals surface area contributed by atoms with Crippen molar-refractivity contribution in [3.05, 3.63) is 0 Å². The molecular weight excluding hydrogens is 528 g/mol. The van der Waals surface area contributed by atoms with E-state index in [9.17, 15) is 0 Å². The SMILES string of the molecule is CC(C)C1CCCCC1(C)C.CC(C)C1CCCCC1C.CCC1CCCCC1C(C)C.CCC1CCCCC1CC(C)C. The minimum atomic E-state index is 0.617. The normalized spacial score (nSPS) is 32.2. The molecule has 264 valence electrons. The highest BCUT2D eigenvalue weighted by atomic mass is 14.4. The fourth-order valence-corrected chi connectivity index (χ4v) is 10.5. The van der Waals surface area contributed by atoms with Gasteiger partial charge in [-0.3, -0.25) is 0 Å². The van der Waals surface area contributed by atoms with E-state index in [2.05, 4.69) is 90.0 Å². The molecule has 0 aromatic heterocycles. The molecule has 0 N–H and O–H groups in total. The maximum absolute atomic E-state index is 2.44. The molecule has 7 atom stereocenters. The van der Waals surface area contributed by atoms with Gasteiger partial charge in [-0.05, 0) is 103 Å². The third kappa shape index (κ3) is 15.7. The Balaban J connectivity index is 0.000000294. The first-order chi connectivity index (χ1) is 20.7. The monoisotopic (exact) mass is 617 g/mol. The Hall–Kier alpha value is 0. The Labute approximate surface area is 281 Å². The predicted molar refractivity (Wildman–Crippen MR) is 202 cm³/mol. The molecule has 0 amide bonds. The second-order valence-electron chi connectivity index (χ2n) is 18.5. The topological polar surface area (TPSA) is 0 Å². The fraction of sp³-hybridized carbons (Fsp3) is 1.00. The molecule has 0 aliphatic heterocycles. The van der Waals surface area contributed by atoms with Crippen molar-refractivity contribution >= 4 is 0 Å². The van der Waals surface area contributed by atoms with Crippen LogP contribution in [0, 0.1) is 70.5 Å². The molecule has 4 saturated carbocycles. The molecule has 0 nitrogen and oxygen atoms in total. The predicted octanol–water partition coefficient (Wildman–Crippen LogP) is 15.4.